The minimum absolute atomic E-state index is 0. The van der Waals surface area contributed by atoms with Crippen LogP contribution in [-0.2, 0) is 13.7 Å². The summed E-state index contributed by atoms with van der Waals surface area (Å²) < 4.78 is 20.7. The molecule has 180 valence electrons. The average molecular weight is 511 g/mol. The fourth-order valence-electron chi connectivity index (χ4n) is 3.58. The van der Waals surface area contributed by atoms with Gasteiger partial charge in [-0.05, 0) is 42.5 Å². The molecule has 8 nitrogen and oxygen atoms in total. The van der Waals surface area contributed by atoms with Crippen LogP contribution in [0.15, 0.2) is 72.0 Å². The van der Waals surface area contributed by atoms with Gasteiger partial charge in [0.2, 0.25) is 0 Å². The maximum atomic E-state index is 13.3. The standard InChI is InChI=1S/C25H22N4O4S.ClH/c1-28-15-26-13-18(28)14-33-21-9-6-17(12-22(21)32-3)29-11-10-20-23(25(29)30)34-24(27-20)16-4-7-19(31-2)8-5-16;/h4-13,15H,14H2,1-3H3;1H. The highest BCUT2D eigenvalue weighted by molar-refractivity contribution is 7.21. The van der Waals surface area contributed by atoms with E-state index in [1.54, 1.807) is 49.6 Å². The van der Waals surface area contributed by atoms with E-state index in [-0.39, 0.29) is 18.0 Å². The Balaban J connectivity index is 0.00000289. The second-order valence-electron chi connectivity index (χ2n) is 7.57. The molecule has 0 bridgehead atoms. The Morgan fingerprint density at radius 1 is 1.00 bits per heavy atom. The van der Waals surface area contributed by atoms with Crippen molar-refractivity contribution in [2.24, 2.45) is 7.05 Å². The van der Waals surface area contributed by atoms with E-state index >= 15 is 0 Å². The van der Waals surface area contributed by atoms with Crippen LogP contribution in [-0.4, -0.2) is 33.3 Å². The Labute approximate surface area is 211 Å². The van der Waals surface area contributed by atoms with Gasteiger partial charge in [-0.25, -0.2) is 9.97 Å². The van der Waals surface area contributed by atoms with Gasteiger partial charge in [0, 0.05) is 24.9 Å². The van der Waals surface area contributed by atoms with Gasteiger partial charge in [-0.3, -0.25) is 9.36 Å². The van der Waals surface area contributed by atoms with Crippen molar-refractivity contribution >= 4 is 34.0 Å². The first-order chi connectivity index (χ1) is 16.6. The number of aryl methyl sites for hydroxylation is 1. The molecule has 0 aliphatic carbocycles. The molecular weight excluding hydrogens is 488 g/mol. The van der Waals surface area contributed by atoms with E-state index in [0.29, 0.717) is 34.0 Å². The predicted octanol–water partition coefficient (Wildman–Crippen LogP) is 4.87. The number of methoxy groups -OCH3 is 2. The number of fused-ring (bicyclic) bond motifs is 1. The Morgan fingerprint density at radius 2 is 1.80 bits per heavy atom. The number of rotatable bonds is 7. The molecule has 0 atom stereocenters. The van der Waals surface area contributed by atoms with Crippen LogP contribution < -0.4 is 19.8 Å². The van der Waals surface area contributed by atoms with Crippen molar-refractivity contribution in [2.45, 2.75) is 6.61 Å². The highest BCUT2D eigenvalue weighted by Gasteiger charge is 2.14. The summed E-state index contributed by atoms with van der Waals surface area (Å²) in [6.45, 7) is 0.354. The maximum Gasteiger partial charge on any atom is 0.274 e. The van der Waals surface area contributed by atoms with Gasteiger partial charge in [-0.2, -0.15) is 0 Å². The highest BCUT2D eigenvalue weighted by atomic mass is 35.5. The molecule has 0 fully saturated rings. The van der Waals surface area contributed by atoms with Crippen molar-refractivity contribution in [3.05, 3.63) is 83.3 Å². The first-order valence-electron chi connectivity index (χ1n) is 10.5. The lowest BCUT2D eigenvalue weighted by Gasteiger charge is -2.13. The van der Waals surface area contributed by atoms with Gasteiger partial charge < -0.3 is 18.8 Å². The molecule has 0 unspecified atom stereocenters. The molecule has 0 saturated heterocycles. The molecule has 3 aromatic heterocycles. The van der Waals surface area contributed by atoms with Gasteiger partial charge in [0.25, 0.3) is 5.56 Å². The van der Waals surface area contributed by atoms with Crippen LogP contribution in [0.3, 0.4) is 0 Å². The molecule has 0 aliphatic rings. The van der Waals surface area contributed by atoms with Gasteiger partial charge in [-0.15, -0.1) is 23.7 Å². The van der Waals surface area contributed by atoms with Gasteiger partial charge in [-0.1, -0.05) is 0 Å². The minimum atomic E-state index is -0.139. The summed E-state index contributed by atoms with van der Waals surface area (Å²) in [5.74, 6) is 1.89. The molecule has 5 aromatic rings. The highest BCUT2D eigenvalue weighted by Crippen LogP contribution is 2.32. The number of hydrogen-bond acceptors (Lipinski definition) is 7. The lowest BCUT2D eigenvalue weighted by atomic mass is 10.2. The average Bonchev–Trinajstić information content (AvgIpc) is 3.49. The third kappa shape index (κ3) is 4.73. The zero-order valence-corrected chi connectivity index (χ0v) is 20.9. The third-order valence-electron chi connectivity index (χ3n) is 5.50. The molecular formula is C25H23ClN4O4S. The number of hydrogen-bond donors (Lipinski definition) is 0. The molecule has 35 heavy (non-hydrogen) atoms. The fourth-order valence-corrected chi connectivity index (χ4v) is 4.58. The molecule has 0 amide bonds. The van der Waals surface area contributed by atoms with Crippen molar-refractivity contribution in [3.8, 4) is 33.5 Å². The molecule has 0 aliphatic heterocycles. The number of pyridine rings is 1. The van der Waals surface area contributed by atoms with Crippen LogP contribution in [0.1, 0.15) is 5.69 Å². The van der Waals surface area contributed by atoms with Gasteiger partial charge in [0.05, 0.1) is 43.6 Å². The Kier molecular flexibility index (Phi) is 7.09. The normalized spacial score (nSPS) is 10.7. The van der Waals surface area contributed by atoms with E-state index in [1.165, 1.54) is 11.3 Å². The summed E-state index contributed by atoms with van der Waals surface area (Å²) in [5, 5.41) is 0.781. The number of aromatic nitrogens is 4. The monoisotopic (exact) mass is 510 g/mol. The van der Waals surface area contributed by atoms with Crippen molar-refractivity contribution in [2.75, 3.05) is 14.2 Å². The summed E-state index contributed by atoms with van der Waals surface area (Å²) in [4.78, 5) is 22.1. The molecule has 0 N–H and O–H groups in total. The number of halogens is 1. The summed E-state index contributed by atoms with van der Waals surface area (Å²) in [6, 6.07) is 14.9. The van der Waals surface area contributed by atoms with Gasteiger partial charge >= 0.3 is 0 Å². The molecule has 10 heteroatoms. The van der Waals surface area contributed by atoms with Crippen LogP contribution in [0.4, 0.5) is 0 Å². The Bertz CT molecular complexity index is 1530. The summed E-state index contributed by atoms with van der Waals surface area (Å²) >= 11 is 1.37. The van der Waals surface area contributed by atoms with Gasteiger partial charge in [0.1, 0.15) is 22.1 Å². The number of thiazole rings is 1. The zero-order chi connectivity index (χ0) is 23.7. The summed E-state index contributed by atoms with van der Waals surface area (Å²) in [7, 11) is 5.12. The van der Waals surface area contributed by atoms with Gasteiger partial charge in [0.15, 0.2) is 11.5 Å². The minimum Gasteiger partial charge on any atom is -0.497 e. The van der Waals surface area contributed by atoms with Crippen LogP contribution in [0.5, 0.6) is 17.2 Å². The maximum absolute atomic E-state index is 13.3. The van der Waals surface area contributed by atoms with E-state index in [1.807, 2.05) is 48.0 Å². The molecule has 0 saturated carbocycles. The Morgan fingerprint density at radius 3 is 2.49 bits per heavy atom. The van der Waals surface area contributed by atoms with E-state index in [0.717, 1.165) is 22.0 Å². The number of benzene rings is 2. The topological polar surface area (TPSA) is 80.4 Å². The van der Waals surface area contributed by atoms with E-state index < -0.39 is 0 Å². The van der Waals surface area contributed by atoms with Crippen molar-refractivity contribution in [1.82, 2.24) is 19.1 Å². The lowest BCUT2D eigenvalue weighted by Crippen LogP contribution is -2.16. The van der Waals surface area contributed by atoms with E-state index in [9.17, 15) is 4.79 Å². The first kappa shape index (κ1) is 24.3. The van der Waals surface area contributed by atoms with Crippen LogP contribution >= 0.6 is 23.7 Å². The zero-order valence-electron chi connectivity index (χ0n) is 19.3. The number of imidazole rings is 1. The second-order valence-corrected chi connectivity index (χ2v) is 8.57. The van der Waals surface area contributed by atoms with Crippen LogP contribution in [0.25, 0.3) is 26.5 Å². The smallest absolute Gasteiger partial charge is 0.274 e. The third-order valence-corrected chi connectivity index (χ3v) is 6.61. The molecule has 0 spiro atoms. The number of ether oxygens (including phenoxy) is 3. The van der Waals surface area contributed by atoms with Crippen molar-refractivity contribution < 1.29 is 14.2 Å². The quantitative estimate of drug-likeness (QED) is 0.311. The predicted molar refractivity (Wildman–Crippen MR) is 139 cm³/mol. The molecule has 0 radical (unpaired) electrons. The number of nitrogens with zero attached hydrogens (tertiary/aromatic N) is 4. The second kappa shape index (κ2) is 10.2. The van der Waals surface area contributed by atoms with E-state index in [4.69, 9.17) is 14.2 Å². The fraction of sp³-hybridized carbons (Fsp3) is 0.160. The molecule has 3 heterocycles. The lowest BCUT2D eigenvalue weighted by molar-refractivity contribution is 0.277. The van der Waals surface area contributed by atoms with Crippen LogP contribution in [0, 0.1) is 0 Å². The Hall–Kier alpha value is -3.82. The molecule has 2 aromatic carbocycles. The van der Waals surface area contributed by atoms with Crippen molar-refractivity contribution in [3.63, 3.8) is 0 Å². The van der Waals surface area contributed by atoms with Crippen LogP contribution in [0.2, 0.25) is 0 Å². The van der Waals surface area contributed by atoms with E-state index in [2.05, 4.69) is 9.97 Å². The SMILES string of the molecule is COc1ccc(-c2nc3ccn(-c4ccc(OCc5cncn5C)c(OC)c4)c(=O)c3s2)cc1.Cl. The molecule has 5 rings (SSSR count). The summed E-state index contributed by atoms with van der Waals surface area (Å²) in [6.07, 6.45) is 5.21. The first-order valence-corrected chi connectivity index (χ1v) is 11.3. The van der Waals surface area contributed by atoms with Crippen molar-refractivity contribution in [1.29, 1.82) is 0 Å². The largest absolute Gasteiger partial charge is 0.497 e. The summed E-state index contributed by atoms with van der Waals surface area (Å²) in [5.41, 5.74) is 3.08.